The van der Waals surface area contributed by atoms with E-state index in [0.29, 0.717) is 0 Å². The molecular weight excluding hydrogens is 444 g/mol. The number of nitrogens with one attached hydrogen (secondary N) is 2. The Balaban J connectivity index is 1.55. The predicted molar refractivity (Wildman–Crippen MR) is 135 cm³/mol. The summed E-state index contributed by atoms with van der Waals surface area (Å²) in [5, 5.41) is 14.9. The Labute approximate surface area is 207 Å². The van der Waals surface area contributed by atoms with Crippen molar-refractivity contribution < 1.29 is 24.2 Å². The molecule has 3 rings (SSSR count). The minimum absolute atomic E-state index is 0.0230. The van der Waals surface area contributed by atoms with E-state index < -0.39 is 23.5 Å². The number of carboxylic acid groups (broad SMARTS) is 1. The number of carbonyl (C=O) groups is 3. The van der Waals surface area contributed by atoms with E-state index in [1.54, 1.807) is 20.8 Å². The molecule has 188 valence electrons. The summed E-state index contributed by atoms with van der Waals surface area (Å²) in [5.74, 6) is -1.49. The SMILES string of the molecule is CC(C)C(CNC(=O)OCC1c2ccccc2-c2ccccc21)CC(=O)N[C@@H](C(=O)O)C(C)(C)C. The van der Waals surface area contributed by atoms with Gasteiger partial charge in [0.05, 0.1) is 0 Å². The summed E-state index contributed by atoms with van der Waals surface area (Å²) >= 11 is 0. The van der Waals surface area contributed by atoms with Crippen molar-refractivity contribution in [2.45, 2.75) is 53.0 Å². The van der Waals surface area contributed by atoms with E-state index in [9.17, 15) is 19.5 Å². The third-order valence-corrected chi connectivity index (χ3v) is 6.66. The Bertz CT molecular complexity index is 1030. The molecule has 1 unspecified atom stereocenters. The fraction of sp³-hybridized carbons (Fsp3) is 0.464. The van der Waals surface area contributed by atoms with E-state index >= 15 is 0 Å². The minimum Gasteiger partial charge on any atom is -0.480 e. The smallest absolute Gasteiger partial charge is 0.407 e. The topological polar surface area (TPSA) is 105 Å². The maximum atomic E-state index is 12.6. The van der Waals surface area contributed by atoms with Gasteiger partial charge >= 0.3 is 12.1 Å². The van der Waals surface area contributed by atoms with Crippen LogP contribution in [0.2, 0.25) is 0 Å². The molecule has 2 atom stereocenters. The van der Waals surface area contributed by atoms with Crippen LogP contribution in [0.4, 0.5) is 4.79 Å². The quantitative estimate of drug-likeness (QED) is 0.478. The number of fused-ring (bicyclic) bond motifs is 3. The molecule has 7 heteroatoms. The van der Waals surface area contributed by atoms with Gasteiger partial charge in [0.2, 0.25) is 5.91 Å². The molecule has 0 bridgehead atoms. The third-order valence-electron chi connectivity index (χ3n) is 6.66. The molecule has 0 spiro atoms. The Hall–Kier alpha value is -3.35. The van der Waals surface area contributed by atoms with Crippen LogP contribution in [-0.2, 0) is 14.3 Å². The summed E-state index contributed by atoms with van der Waals surface area (Å²) < 4.78 is 5.59. The van der Waals surface area contributed by atoms with Gasteiger partial charge in [-0.05, 0) is 39.5 Å². The van der Waals surface area contributed by atoms with Crippen molar-refractivity contribution in [3.05, 3.63) is 59.7 Å². The van der Waals surface area contributed by atoms with Gasteiger partial charge in [-0.1, -0.05) is 83.1 Å². The van der Waals surface area contributed by atoms with Crippen LogP contribution < -0.4 is 10.6 Å². The molecule has 35 heavy (non-hydrogen) atoms. The van der Waals surface area contributed by atoms with Crippen molar-refractivity contribution in [1.29, 1.82) is 0 Å². The van der Waals surface area contributed by atoms with Crippen LogP contribution in [0.15, 0.2) is 48.5 Å². The van der Waals surface area contributed by atoms with E-state index in [4.69, 9.17) is 4.74 Å². The normalized spacial score (nSPS) is 14.6. The fourth-order valence-corrected chi connectivity index (χ4v) is 4.51. The van der Waals surface area contributed by atoms with Gasteiger partial charge in [0.15, 0.2) is 0 Å². The van der Waals surface area contributed by atoms with E-state index in [2.05, 4.69) is 34.9 Å². The number of carbonyl (C=O) groups excluding carboxylic acids is 2. The van der Waals surface area contributed by atoms with Crippen molar-refractivity contribution in [1.82, 2.24) is 10.6 Å². The van der Waals surface area contributed by atoms with Gasteiger partial charge in [0.1, 0.15) is 12.6 Å². The number of aliphatic carboxylic acids is 1. The van der Waals surface area contributed by atoms with Crippen LogP contribution >= 0.6 is 0 Å². The van der Waals surface area contributed by atoms with Crippen LogP contribution in [0.5, 0.6) is 0 Å². The molecule has 2 aromatic carbocycles. The molecule has 1 aliphatic carbocycles. The van der Waals surface area contributed by atoms with Crippen molar-refractivity contribution >= 4 is 18.0 Å². The molecule has 0 saturated heterocycles. The first-order valence-electron chi connectivity index (χ1n) is 12.1. The van der Waals surface area contributed by atoms with Gasteiger partial charge in [-0.3, -0.25) is 4.79 Å². The fourth-order valence-electron chi connectivity index (χ4n) is 4.51. The lowest BCUT2D eigenvalue weighted by molar-refractivity contribution is -0.145. The van der Waals surface area contributed by atoms with Crippen LogP contribution in [0.25, 0.3) is 11.1 Å². The summed E-state index contributed by atoms with van der Waals surface area (Å²) in [6.07, 6.45) is -0.419. The average Bonchev–Trinajstić information content (AvgIpc) is 3.11. The van der Waals surface area contributed by atoms with E-state index in [0.717, 1.165) is 22.3 Å². The van der Waals surface area contributed by atoms with Crippen LogP contribution in [0, 0.1) is 17.3 Å². The zero-order valence-electron chi connectivity index (χ0n) is 21.1. The highest BCUT2D eigenvalue weighted by molar-refractivity contribution is 5.84. The van der Waals surface area contributed by atoms with Gasteiger partial charge in [-0.15, -0.1) is 0 Å². The summed E-state index contributed by atoms with van der Waals surface area (Å²) in [6.45, 7) is 9.72. The first kappa shape index (κ1) is 26.3. The Kier molecular flexibility index (Phi) is 8.20. The van der Waals surface area contributed by atoms with Crippen LogP contribution in [-0.4, -0.2) is 42.3 Å². The lowest BCUT2D eigenvalue weighted by atomic mass is 9.86. The average molecular weight is 481 g/mol. The highest BCUT2D eigenvalue weighted by atomic mass is 16.5. The zero-order chi connectivity index (χ0) is 25.8. The second-order valence-electron chi connectivity index (χ2n) is 10.6. The molecule has 2 amide bonds. The minimum atomic E-state index is -1.07. The first-order chi connectivity index (χ1) is 16.5. The van der Waals surface area contributed by atoms with Crippen LogP contribution in [0.3, 0.4) is 0 Å². The van der Waals surface area contributed by atoms with Gasteiger partial charge in [-0.25, -0.2) is 9.59 Å². The molecule has 3 N–H and O–H groups in total. The Morgan fingerprint density at radius 1 is 0.971 bits per heavy atom. The number of rotatable bonds is 9. The molecule has 1 aliphatic rings. The van der Waals surface area contributed by atoms with Gasteiger partial charge in [-0.2, -0.15) is 0 Å². The summed E-state index contributed by atoms with van der Waals surface area (Å²) in [5.41, 5.74) is 4.00. The number of ether oxygens (including phenoxy) is 1. The molecule has 0 heterocycles. The zero-order valence-corrected chi connectivity index (χ0v) is 21.1. The second-order valence-corrected chi connectivity index (χ2v) is 10.6. The molecule has 0 aromatic heterocycles. The van der Waals surface area contributed by atoms with Crippen molar-refractivity contribution in [3.8, 4) is 11.1 Å². The molecular formula is C28H36N2O5. The maximum absolute atomic E-state index is 12.6. The lowest BCUT2D eigenvalue weighted by Gasteiger charge is -2.29. The van der Waals surface area contributed by atoms with Gasteiger partial charge in [0.25, 0.3) is 0 Å². The summed E-state index contributed by atoms with van der Waals surface area (Å²) in [6, 6.07) is 15.3. The van der Waals surface area contributed by atoms with Crippen LogP contribution in [0.1, 0.15) is 58.1 Å². The first-order valence-corrected chi connectivity index (χ1v) is 12.1. The van der Waals surface area contributed by atoms with Crippen molar-refractivity contribution in [2.24, 2.45) is 17.3 Å². The third kappa shape index (κ3) is 6.41. The lowest BCUT2D eigenvalue weighted by Crippen LogP contribution is -2.49. The monoisotopic (exact) mass is 480 g/mol. The summed E-state index contributed by atoms with van der Waals surface area (Å²) in [7, 11) is 0. The molecule has 0 aliphatic heterocycles. The predicted octanol–water partition coefficient (Wildman–Crippen LogP) is 4.80. The maximum Gasteiger partial charge on any atom is 0.407 e. The molecule has 0 radical (unpaired) electrons. The number of amides is 2. The van der Waals surface area contributed by atoms with Crippen molar-refractivity contribution in [3.63, 3.8) is 0 Å². The highest BCUT2D eigenvalue weighted by Crippen LogP contribution is 2.44. The number of benzene rings is 2. The Morgan fingerprint density at radius 2 is 1.51 bits per heavy atom. The standard InChI is InChI=1S/C28H36N2O5/c1-17(2)18(14-24(31)30-25(26(32)33)28(3,4)5)15-29-27(34)35-16-23-21-12-8-6-10-19(21)20-11-7-9-13-22(20)23/h6-13,17-18,23,25H,14-16H2,1-5H3,(H,29,34)(H,30,31)(H,32,33)/t18?,25-/m0/s1. The largest absolute Gasteiger partial charge is 0.480 e. The van der Waals surface area contributed by atoms with E-state index in [1.807, 2.05) is 38.1 Å². The number of hydrogen-bond acceptors (Lipinski definition) is 4. The van der Waals surface area contributed by atoms with E-state index in [1.165, 1.54) is 0 Å². The van der Waals surface area contributed by atoms with Crippen molar-refractivity contribution in [2.75, 3.05) is 13.2 Å². The number of alkyl carbamates (subject to hydrolysis) is 1. The molecule has 7 nitrogen and oxygen atoms in total. The van der Waals surface area contributed by atoms with Gasteiger partial charge in [0, 0.05) is 18.9 Å². The highest BCUT2D eigenvalue weighted by Gasteiger charge is 2.33. The van der Waals surface area contributed by atoms with Gasteiger partial charge < -0.3 is 20.5 Å². The molecule has 0 fully saturated rings. The van der Waals surface area contributed by atoms with E-state index in [-0.39, 0.29) is 43.2 Å². The summed E-state index contributed by atoms with van der Waals surface area (Å²) in [4.78, 5) is 36.7. The number of hydrogen-bond donors (Lipinski definition) is 3. The molecule has 0 saturated carbocycles. The Morgan fingerprint density at radius 3 is 2.00 bits per heavy atom. The molecule has 2 aromatic rings. The number of carboxylic acids is 1. The second kappa shape index (κ2) is 10.9.